The van der Waals surface area contributed by atoms with Crippen LogP contribution in [0.3, 0.4) is 0 Å². The molecule has 0 radical (unpaired) electrons. The van der Waals surface area contributed by atoms with E-state index in [-0.39, 0.29) is 23.4 Å². The molecule has 4 rings (SSSR count). The number of Topliss-reactive ketones (excluding diaryl/α,β-unsaturated/α-hetero) is 1. The minimum absolute atomic E-state index is 0.0208. The number of anilines is 1. The van der Waals surface area contributed by atoms with Gasteiger partial charge in [0, 0.05) is 29.7 Å². The normalized spacial score (nSPS) is 14.3. The largest absolute Gasteiger partial charge is 0.493 e. The van der Waals surface area contributed by atoms with Gasteiger partial charge in [-0.2, -0.15) is 0 Å². The van der Waals surface area contributed by atoms with Crippen LogP contribution in [0.15, 0.2) is 61.1 Å². The Morgan fingerprint density at radius 2 is 1.66 bits per heavy atom. The molecule has 1 atom stereocenters. The maximum absolute atomic E-state index is 14.0. The molecule has 2 aromatic carbocycles. The third kappa shape index (κ3) is 5.99. The van der Waals surface area contributed by atoms with Crippen LogP contribution in [0.4, 0.5) is 5.69 Å². The second kappa shape index (κ2) is 12.3. The summed E-state index contributed by atoms with van der Waals surface area (Å²) in [5.41, 5.74) is 1.54. The van der Waals surface area contributed by atoms with Crippen molar-refractivity contribution in [3.05, 3.63) is 77.9 Å². The van der Waals surface area contributed by atoms with Gasteiger partial charge in [-0.1, -0.05) is 25.3 Å². The molecule has 0 saturated heterocycles. The van der Waals surface area contributed by atoms with E-state index in [1.54, 1.807) is 42.5 Å². The molecule has 9 nitrogen and oxygen atoms in total. The van der Waals surface area contributed by atoms with Crippen LogP contribution in [-0.4, -0.2) is 47.8 Å². The molecule has 1 aliphatic carbocycles. The van der Waals surface area contributed by atoms with Crippen molar-refractivity contribution in [3.63, 3.8) is 0 Å². The van der Waals surface area contributed by atoms with Gasteiger partial charge in [0.15, 0.2) is 17.3 Å². The van der Waals surface area contributed by atoms with Gasteiger partial charge in [0.2, 0.25) is 5.91 Å². The highest BCUT2D eigenvalue weighted by molar-refractivity contribution is 6.09. The molecule has 1 fully saturated rings. The topological polar surface area (TPSA) is 111 Å². The molecule has 198 valence electrons. The van der Waals surface area contributed by atoms with Gasteiger partial charge < -0.3 is 14.8 Å². The molecule has 1 saturated carbocycles. The summed E-state index contributed by atoms with van der Waals surface area (Å²) in [5.74, 6) is -0.00121. The van der Waals surface area contributed by atoms with Crippen molar-refractivity contribution in [2.75, 3.05) is 19.1 Å². The van der Waals surface area contributed by atoms with Gasteiger partial charge in [0.25, 0.3) is 5.91 Å². The second-order valence-electron chi connectivity index (χ2n) is 9.23. The van der Waals surface area contributed by atoms with Crippen molar-refractivity contribution in [1.29, 1.82) is 0 Å². The lowest BCUT2D eigenvalue weighted by molar-refractivity contribution is -0.123. The van der Waals surface area contributed by atoms with Gasteiger partial charge in [-0.3, -0.25) is 24.3 Å². The summed E-state index contributed by atoms with van der Waals surface area (Å²) in [4.78, 5) is 49.6. The van der Waals surface area contributed by atoms with Crippen molar-refractivity contribution in [1.82, 2.24) is 15.3 Å². The SMILES string of the molecule is COc1ccc([C@@H](C(=O)NC2CCCCC2)N(C(=O)c2cnccn2)c2ccc(C(C)=O)cc2)cc1OC. The van der Waals surface area contributed by atoms with Gasteiger partial charge in [-0.05, 0) is 61.7 Å². The Hall–Kier alpha value is -4.27. The molecule has 9 heteroatoms. The van der Waals surface area contributed by atoms with E-state index < -0.39 is 11.9 Å². The molecule has 3 aromatic rings. The first kappa shape index (κ1) is 26.8. The predicted octanol–water partition coefficient (Wildman–Crippen LogP) is 4.53. The molecule has 1 N–H and O–H groups in total. The maximum atomic E-state index is 14.0. The zero-order valence-electron chi connectivity index (χ0n) is 21.8. The first-order valence-electron chi connectivity index (χ1n) is 12.7. The lowest BCUT2D eigenvalue weighted by atomic mass is 9.94. The second-order valence-corrected chi connectivity index (χ2v) is 9.23. The van der Waals surface area contributed by atoms with Crippen LogP contribution in [0.1, 0.15) is 71.5 Å². The third-order valence-corrected chi connectivity index (χ3v) is 6.73. The number of ketones is 1. The van der Waals surface area contributed by atoms with Gasteiger partial charge in [0.05, 0.1) is 20.4 Å². The summed E-state index contributed by atoms with van der Waals surface area (Å²) < 4.78 is 10.9. The van der Waals surface area contributed by atoms with Gasteiger partial charge in [-0.25, -0.2) is 4.98 Å². The number of nitrogens with zero attached hydrogens (tertiary/aromatic N) is 3. The molecule has 1 heterocycles. The number of rotatable bonds is 9. The fourth-order valence-electron chi connectivity index (χ4n) is 4.74. The number of benzene rings is 2. The first-order chi connectivity index (χ1) is 18.4. The van der Waals surface area contributed by atoms with E-state index in [2.05, 4.69) is 15.3 Å². The van der Waals surface area contributed by atoms with Gasteiger partial charge in [0.1, 0.15) is 11.7 Å². The van der Waals surface area contributed by atoms with Crippen LogP contribution >= 0.6 is 0 Å². The van der Waals surface area contributed by atoms with E-state index in [1.165, 1.54) is 44.6 Å². The summed E-state index contributed by atoms with van der Waals surface area (Å²) in [7, 11) is 3.05. The number of hydrogen-bond acceptors (Lipinski definition) is 7. The van der Waals surface area contributed by atoms with E-state index in [1.807, 2.05) is 0 Å². The monoisotopic (exact) mass is 516 g/mol. The van der Waals surface area contributed by atoms with Gasteiger partial charge >= 0.3 is 0 Å². The van der Waals surface area contributed by atoms with Crippen LogP contribution in [0.25, 0.3) is 0 Å². The van der Waals surface area contributed by atoms with Crippen LogP contribution in [0.2, 0.25) is 0 Å². The van der Waals surface area contributed by atoms with Crippen LogP contribution < -0.4 is 19.7 Å². The first-order valence-corrected chi connectivity index (χ1v) is 12.7. The van der Waals surface area contributed by atoms with Crippen LogP contribution in [-0.2, 0) is 4.79 Å². The standard InChI is InChI=1S/C29H32N4O5/c1-19(34)20-9-12-23(13-10-20)33(29(36)24-18-30-15-16-31-24)27(28(35)32-22-7-5-4-6-8-22)21-11-14-25(37-2)26(17-21)38-3/h9-18,22,27H,4-8H2,1-3H3,(H,32,35)/t27-/m0/s1. The molecule has 0 aliphatic heterocycles. The molecular weight excluding hydrogens is 484 g/mol. The molecule has 0 unspecified atom stereocenters. The Bertz CT molecular complexity index is 1270. The number of amides is 2. The number of methoxy groups -OCH3 is 2. The number of ether oxygens (including phenoxy) is 2. The summed E-state index contributed by atoms with van der Waals surface area (Å²) in [6, 6.07) is 10.7. The lowest BCUT2D eigenvalue weighted by Crippen LogP contribution is -2.47. The van der Waals surface area contributed by atoms with E-state index >= 15 is 0 Å². The molecule has 1 aliphatic rings. The van der Waals surface area contributed by atoms with E-state index in [0.717, 1.165) is 32.1 Å². The van der Waals surface area contributed by atoms with Crippen molar-refractivity contribution in [2.45, 2.75) is 51.1 Å². The summed E-state index contributed by atoms with van der Waals surface area (Å²) in [6.45, 7) is 1.47. The highest BCUT2D eigenvalue weighted by Crippen LogP contribution is 2.35. The van der Waals surface area contributed by atoms with Crippen molar-refractivity contribution in [3.8, 4) is 11.5 Å². The maximum Gasteiger partial charge on any atom is 0.279 e. The Labute approximate surface area is 222 Å². The number of hydrogen-bond donors (Lipinski definition) is 1. The summed E-state index contributed by atoms with van der Waals surface area (Å²) >= 11 is 0. The Morgan fingerprint density at radius 1 is 0.947 bits per heavy atom. The fraction of sp³-hybridized carbons (Fsp3) is 0.345. The van der Waals surface area contributed by atoms with Crippen molar-refractivity contribution >= 4 is 23.3 Å². The molecule has 0 spiro atoms. The van der Waals surface area contributed by atoms with E-state index in [0.29, 0.717) is 28.3 Å². The Morgan fingerprint density at radius 3 is 2.26 bits per heavy atom. The van der Waals surface area contributed by atoms with Crippen LogP contribution in [0.5, 0.6) is 11.5 Å². The number of aromatic nitrogens is 2. The predicted molar refractivity (Wildman–Crippen MR) is 143 cm³/mol. The van der Waals surface area contributed by atoms with Gasteiger partial charge in [-0.15, -0.1) is 0 Å². The van der Waals surface area contributed by atoms with Crippen molar-refractivity contribution in [2.24, 2.45) is 0 Å². The van der Waals surface area contributed by atoms with Crippen molar-refractivity contribution < 1.29 is 23.9 Å². The van der Waals surface area contributed by atoms with Crippen LogP contribution in [0, 0.1) is 0 Å². The highest BCUT2D eigenvalue weighted by atomic mass is 16.5. The average Bonchev–Trinajstić information content (AvgIpc) is 2.96. The zero-order valence-corrected chi connectivity index (χ0v) is 21.8. The smallest absolute Gasteiger partial charge is 0.279 e. The molecular formula is C29H32N4O5. The highest BCUT2D eigenvalue weighted by Gasteiger charge is 2.36. The zero-order chi connectivity index (χ0) is 27.1. The number of carbonyl (C=O) groups is 3. The lowest BCUT2D eigenvalue weighted by Gasteiger charge is -2.33. The van der Waals surface area contributed by atoms with E-state index in [9.17, 15) is 14.4 Å². The quantitative estimate of drug-likeness (QED) is 0.416. The Kier molecular flexibility index (Phi) is 8.68. The average molecular weight is 517 g/mol. The molecule has 38 heavy (non-hydrogen) atoms. The summed E-state index contributed by atoms with van der Waals surface area (Å²) in [5, 5.41) is 3.17. The minimum atomic E-state index is -1.06. The molecule has 2 amide bonds. The number of carbonyl (C=O) groups excluding carboxylic acids is 3. The minimum Gasteiger partial charge on any atom is -0.493 e. The molecule has 1 aromatic heterocycles. The Balaban J connectivity index is 1.85. The fourth-order valence-corrected chi connectivity index (χ4v) is 4.74. The summed E-state index contributed by atoms with van der Waals surface area (Å²) in [6.07, 6.45) is 9.27. The third-order valence-electron chi connectivity index (χ3n) is 6.73. The van der Waals surface area contributed by atoms with E-state index in [4.69, 9.17) is 9.47 Å². The number of nitrogens with one attached hydrogen (secondary N) is 1. The molecule has 0 bridgehead atoms.